The second kappa shape index (κ2) is 5.53. The van der Waals surface area contributed by atoms with E-state index in [1.807, 2.05) is 24.3 Å². The summed E-state index contributed by atoms with van der Waals surface area (Å²) in [6, 6.07) is 14.1. The molecule has 0 spiro atoms. The lowest BCUT2D eigenvalue weighted by Crippen LogP contribution is -2.29. The lowest BCUT2D eigenvalue weighted by Gasteiger charge is -2.19. The second-order valence-corrected chi connectivity index (χ2v) is 4.95. The predicted molar refractivity (Wildman–Crippen MR) is 76.5 cm³/mol. The number of nitrogens with two attached hydrogens (primary N) is 1. The first-order valence-electron chi connectivity index (χ1n) is 5.90. The van der Waals surface area contributed by atoms with E-state index in [1.54, 1.807) is 0 Å². The summed E-state index contributed by atoms with van der Waals surface area (Å²) < 4.78 is 0. The van der Waals surface area contributed by atoms with Gasteiger partial charge in [0.25, 0.3) is 0 Å². The largest absolute Gasteiger partial charge is 0.271 e. The number of halogens is 1. The van der Waals surface area contributed by atoms with Crippen LogP contribution in [0.3, 0.4) is 0 Å². The Labute approximate surface area is 113 Å². The fourth-order valence-corrected chi connectivity index (χ4v) is 2.30. The van der Waals surface area contributed by atoms with Gasteiger partial charge >= 0.3 is 0 Å². The number of hydrazine groups is 1. The molecule has 18 heavy (non-hydrogen) atoms. The van der Waals surface area contributed by atoms with Crippen LogP contribution in [0.25, 0.3) is 0 Å². The molecule has 2 aromatic carbocycles. The molecule has 0 amide bonds. The summed E-state index contributed by atoms with van der Waals surface area (Å²) in [6.07, 6.45) is 0. The van der Waals surface area contributed by atoms with Gasteiger partial charge in [-0.15, -0.1) is 0 Å². The van der Waals surface area contributed by atoms with E-state index >= 15 is 0 Å². The Morgan fingerprint density at radius 2 is 1.72 bits per heavy atom. The molecule has 0 aliphatic heterocycles. The Bertz CT molecular complexity index is 535. The number of hydrogen-bond donors (Lipinski definition) is 2. The molecule has 0 saturated carbocycles. The van der Waals surface area contributed by atoms with Gasteiger partial charge in [0.2, 0.25) is 0 Å². The van der Waals surface area contributed by atoms with Crippen LogP contribution in [0.2, 0.25) is 5.02 Å². The third-order valence-corrected chi connectivity index (χ3v) is 3.36. The SMILES string of the molecule is Cc1ccc(C(NN)c2ccc(Cl)cc2)c(C)c1. The molecule has 2 nitrogen and oxygen atoms in total. The molecular formula is C15H17ClN2. The highest BCUT2D eigenvalue weighted by molar-refractivity contribution is 6.30. The zero-order valence-electron chi connectivity index (χ0n) is 10.6. The molecule has 0 fully saturated rings. The van der Waals surface area contributed by atoms with Crippen molar-refractivity contribution >= 4 is 11.6 Å². The van der Waals surface area contributed by atoms with Crippen LogP contribution >= 0.6 is 11.6 Å². The number of nitrogens with one attached hydrogen (secondary N) is 1. The third kappa shape index (κ3) is 2.72. The average molecular weight is 261 g/mol. The Morgan fingerprint density at radius 3 is 2.28 bits per heavy atom. The van der Waals surface area contributed by atoms with Crippen molar-refractivity contribution in [2.75, 3.05) is 0 Å². The van der Waals surface area contributed by atoms with Crippen LogP contribution < -0.4 is 11.3 Å². The van der Waals surface area contributed by atoms with Gasteiger partial charge < -0.3 is 0 Å². The van der Waals surface area contributed by atoms with Crippen molar-refractivity contribution in [3.8, 4) is 0 Å². The van der Waals surface area contributed by atoms with Gasteiger partial charge in [0.1, 0.15) is 0 Å². The minimum Gasteiger partial charge on any atom is -0.271 e. The predicted octanol–water partition coefficient (Wildman–Crippen LogP) is 3.51. The molecule has 0 bridgehead atoms. The molecule has 0 radical (unpaired) electrons. The van der Waals surface area contributed by atoms with E-state index in [0.29, 0.717) is 0 Å². The minimum absolute atomic E-state index is 0.0112. The van der Waals surface area contributed by atoms with Crippen molar-refractivity contribution in [2.24, 2.45) is 5.84 Å². The third-order valence-electron chi connectivity index (χ3n) is 3.11. The zero-order chi connectivity index (χ0) is 13.1. The summed E-state index contributed by atoms with van der Waals surface area (Å²) in [5.41, 5.74) is 7.64. The Kier molecular flexibility index (Phi) is 4.02. The van der Waals surface area contributed by atoms with Crippen molar-refractivity contribution in [1.29, 1.82) is 0 Å². The smallest absolute Gasteiger partial charge is 0.0712 e. The van der Waals surface area contributed by atoms with Gasteiger partial charge in [0, 0.05) is 5.02 Å². The Hall–Kier alpha value is -1.35. The van der Waals surface area contributed by atoms with Gasteiger partial charge in [0.05, 0.1) is 6.04 Å². The first-order chi connectivity index (χ1) is 8.61. The van der Waals surface area contributed by atoms with Crippen LogP contribution in [0.4, 0.5) is 0 Å². The monoisotopic (exact) mass is 260 g/mol. The summed E-state index contributed by atoms with van der Waals surface area (Å²) in [7, 11) is 0. The van der Waals surface area contributed by atoms with E-state index < -0.39 is 0 Å². The van der Waals surface area contributed by atoms with Crippen LogP contribution in [0.15, 0.2) is 42.5 Å². The van der Waals surface area contributed by atoms with E-state index in [-0.39, 0.29) is 6.04 Å². The van der Waals surface area contributed by atoms with Crippen molar-refractivity contribution in [3.63, 3.8) is 0 Å². The molecule has 3 heteroatoms. The van der Waals surface area contributed by atoms with E-state index in [2.05, 4.69) is 37.5 Å². The first-order valence-corrected chi connectivity index (χ1v) is 6.28. The summed E-state index contributed by atoms with van der Waals surface area (Å²) in [4.78, 5) is 0. The maximum atomic E-state index is 5.91. The molecule has 1 atom stereocenters. The fraction of sp³-hybridized carbons (Fsp3) is 0.200. The van der Waals surface area contributed by atoms with Gasteiger partial charge in [-0.05, 0) is 42.7 Å². The molecular weight excluding hydrogens is 244 g/mol. The number of hydrogen-bond acceptors (Lipinski definition) is 2. The highest BCUT2D eigenvalue weighted by Gasteiger charge is 2.14. The van der Waals surface area contributed by atoms with Gasteiger partial charge in [-0.1, -0.05) is 47.5 Å². The van der Waals surface area contributed by atoms with E-state index in [4.69, 9.17) is 17.4 Å². The quantitative estimate of drug-likeness (QED) is 0.655. The summed E-state index contributed by atoms with van der Waals surface area (Å²) in [5, 5.41) is 0.732. The van der Waals surface area contributed by atoms with Crippen LogP contribution in [0.1, 0.15) is 28.3 Å². The molecule has 0 saturated heterocycles. The normalized spacial score (nSPS) is 12.4. The number of aryl methyl sites for hydroxylation is 2. The topological polar surface area (TPSA) is 38.0 Å². The molecule has 0 heterocycles. The van der Waals surface area contributed by atoms with Crippen molar-refractivity contribution in [3.05, 3.63) is 69.7 Å². The minimum atomic E-state index is -0.0112. The molecule has 94 valence electrons. The van der Waals surface area contributed by atoms with E-state index in [9.17, 15) is 0 Å². The first kappa shape index (κ1) is 13.1. The Morgan fingerprint density at radius 1 is 1.06 bits per heavy atom. The molecule has 2 aromatic rings. The molecule has 1 unspecified atom stereocenters. The van der Waals surface area contributed by atoms with Crippen LogP contribution in [0, 0.1) is 13.8 Å². The van der Waals surface area contributed by atoms with Crippen molar-refractivity contribution < 1.29 is 0 Å². The highest BCUT2D eigenvalue weighted by atomic mass is 35.5. The van der Waals surface area contributed by atoms with Gasteiger partial charge in [-0.2, -0.15) is 0 Å². The zero-order valence-corrected chi connectivity index (χ0v) is 11.3. The van der Waals surface area contributed by atoms with Gasteiger partial charge in [-0.3, -0.25) is 5.84 Å². The fourth-order valence-electron chi connectivity index (χ4n) is 2.17. The van der Waals surface area contributed by atoms with Crippen LogP contribution in [-0.2, 0) is 0 Å². The van der Waals surface area contributed by atoms with Crippen LogP contribution in [0.5, 0.6) is 0 Å². The molecule has 0 aliphatic carbocycles. The van der Waals surface area contributed by atoms with E-state index in [0.717, 1.165) is 10.6 Å². The maximum absolute atomic E-state index is 5.91. The number of rotatable bonds is 3. The van der Waals surface area contributed by atoms with E-state index in [1.165, 1.54) is 16.7 Å². The van der Waals surface area contributed by atoms with Crippen LogP contribution in [-0.4, -0.2) is 0 Å². The van der Waals surface area contributed by atoms with Gasteiger partial charge in [0.15, 0.2) is 0 Å². The second-order valence-electron chi connectivity index (χ2n) is 4.51. The molecule has 0 aromatic heterocycles. The average Bonchev–Trinajstić information content (AvgIpc) is 2.35. The standard InChI is InChI=1S/C15H17ClN2/c1-10-3-8-14(11(2)9-10)15(18-17)12-4-6-13(16)7-5-12/h3-9,15,18H,17H2,1-2H3. The Balaban J connectivity index is 2.41. The van der Waals surface area contributed by atoms with Crippen molar-refractivity contribution in [2.45, 2.75) is 19.9 Å². The summed E-state index contributed by atoms with van der Waals surface area (Å²) in [5.74, 6) is 5.70. The lowest BCUT2D eigenvalue weighted by atomic mass is 9.94. The summed E-state index contributed by atoms with van der Waals surface area (Å²) in [6.45, 7) is 4.19. The molecule has 3 N–H and O–H groups in total. The highest BCUT2D eigenvalue weighted by Crippen LogP contribution is 2.25. The molecule has 2 rings (SSSR count). The molecule has 0 aliphatic rings. The maximum Gasteiger partial charge on any atom is 0.0712 e. The van der Waals surface area contributed by atoms with Gasteiger partial charge in [-0.25, -0.2) is 5.43 Å². The van der Waals surface area contributed by atoms with Crippen molar-refractivity contribution in [1.82, 2.24) is 5.43 Å². The summed E-state index contributed by atoms with van der Waals surface area (Å²) >= 11 is 5.91. The lowest BCUT2D eigenvalue weighted by molar-refractivity contribution is 0.633. The number of benzene rings is 2.